The minimum Gasteiger partial charge on any atom is -0.465 e. The van der Waals surface area contributed by atoms with E-state index in [1.165, 1.54) is 11.8 Å². The Balaban J connectivity index is 1.54. The number of aryl methyl sites for hydroxylation is 1. The second kappa shape index (κ2) is 10.0. The van der Waals surface area contributed by atoms with Crippen LogP contribution in [0, 0.1) is 6.92 Å². The predicted octanol–water partition coefficient (Wildman–Crippen LogP) is 4.64. The summed E-state index contributed by atoms with van der Waals surface area (Å²) >= 11 is 1.49. The molecule has 0 amide bonds. The summed E-state index contributed by atoms with van der Waals surface area (Å²) in [6.45, 7) is 9.15. The first-order valence-corrected chi connectivity index (χ1v) is 11.3. The van der Waals surface area contributed by atoms with Gasteiger partial charge in [-0.25, -0.2) is 4.98 Å². The topological polar surface area (TPSA) is 73.2 Å². The number of anilines is 1. The molecule has 0 fully saturated rings. The van der Waals surface area contributed by atoms with E-state index in [0.717, 1.165) is 34.9 Å². The smallest absolute Gasteiger partial charge is 0.321 e. The largest absolute Gasteiger partial charge is 0.465 e. The number of nitrogens with zero attached hydrogens (tertiary/aromatic N) is 2. The van der Waals surface area contributed by atoms with Gasteiger partial charge in [0.2, 0.25) is 0 Å². The number of carbonyl (C=O) groups excluding carboxylic acids is 1. The van der Waals surface area contributed by atoms with Gasteiger partial charge in [0.25, 0.3) is 5.56 Å². The van der Waals surface area contributed by atoms with Gasteiger partial charge >= 0.3 is 5.97 Å². The monoisotopic (exact) mass is 439 g/mol. The Morgan fingerprint density at radius 1 is 1.16 bits per heavy atom. The van der Waals surface area contributed by atoms with E-state index in [0.29, 0.717) is 18.5 Å². The number of aromatic nitrogens is 2. The van der Waals surface area contributed by atoms with Gasteiger partial charge in [-0.2, -0.15) is 0 Å². The number of para-hydroxylation sites is 1. The van der Waals surface area contributed by atoms with Crippen LogP contribution >= 0.6 is 11.8 Å². The van der Waals surface area contributed by atoms with Gasteiger partial charge < -0.3 is 10.1 Å². The molecule has 6 nitrogen and oxygen atoms in total. The SMILES string of the molecule is CCOC(=O)C(C)(C)Sc1ccc(NCCCn2c(C)nc3ccccc3c2=O)cc1. The summed E-state index contributed by atoms with van der Waals surface area (Å²) in [5, 5.41) is 4.04. The van der Waals surface area contributed by atoms with Crippen molar-refractivity contribution in [2.24, 2.45) is 0 Å². The molecule has 0 aliphatic heterocycles. The molecule has 1 heterocycles. The molecule has 0 spiro atoms. The number of rotatable bonds is 9. The first-order chi connectivity index (χ1) is 14.8. The fourth-order valence-electron chi connectivity index (χ4n) is 3.29. The van der Waals surface area contributed by atoms with Crippen LogP contribution < -0.4 is 10.9 Å². The van der Waals surface area contributed by atoms with Crippen molar-refractivity contribution < 1.29 is 9.53 Å². The molecule has 0 atom stereocenters. The maximum absolute atomic E-state index is 12.7. The van der Waals surface area contributed by atoms with Crippen LogP contribution in [-0.2, 0) is 16.1 Å². The summed E-state index contributed by atoms with van der Waals surface area (Å²) in [6, 6.07) is 15.4. The summed E-state index contributed by atoms with van der Waals surface area (Å²) < 4.78 is 6.25. The number of hydrogen-bond acceptors (Lipinski definition) is 6. The molecule has 0 saturated heterocycles. The third kappa shape index (κ3) is 5.67. The predicted molar refractivity (Wildman–Crippen MR) is 127 cm³/mol. The number of ether oxygens (including phenoxy) is 1. The van der Waals surface area contributed by atoms with Crippen LogP contribution in [0.15, 0.2) is 58.2 Å². The summed E-state index contributed by atoms with van der Waals surface area (Å²) in [4.78, 5) is 30.3. The number of thioether (sulfide) groups is 1. The van der Waals surface area contributed by atoms with Gasteiger partial charge in [0.05, 0.1) is 17.5 Å². The molecule has 3 rings (SSSR count). The molecule has 1 aromatic heterocycles. The number of nitrogens with one attached hydrogen (secondary N) is 1. The minimum absolute atomic E-state index is 0.00805. The van der Waals surface area contributed by atoms with Crippen LogP contribution in [0.4, 0.5) is 5.69 Å². The number of hydrogen-bond donors (Lipinski definition) is 1. The van der Waals surface area contributed by atoms with Crippen LogP contribution in [-0.4, -0.2) is 33.4 Å². The highest BCUT2D eigenvalue weighted by molar-refractivity contribution is 8.01. The van der Waals surface area contributed by atoms with Crippen LogP contribution in [0.1, 0.15) is 33.0 Å². The number of esters is 1. The van der Waals surface area contributed by atoms with Gasteiger partial charge in [-0.05, 0) is 70.5 Å². The normalized spacial score (nSPS) is 11.5. The van der Waals surface area contributed by atoms with Gasteiger partial charge in [0.15, 0.2) is 0 Å². The highest BCUT2D eigenvalue weighted by atomic mass is 32.2. The lowest BCUT2D eigenvalue weighted by molar-refractivity contribution is -0.145. The van der Waals surface area contributed by atoms with Gasteiger partial charge in [0, 0.05) is 23.7 Å². The van der Waals surface area contributed by atoms with E-state index in [1.807, 2.05) is 76.2 Å². The van der Waals surface area contributed by atoms with E-state index in [2.05, 4.69) is 10.3 Å². The minimum atomic E-state index is -0.635. The summed E-state index contributed by atoms with van der Waals surface area (Å²) in [7, 11) is 0. The van der Waals surface area contributed by atoms with E-state index < -0.39 is 4.75 Å². The van der Waals surface area contributed by atoms with Crippen LogP contribution in [0.3, 0.4) is 0 Å². The van der Waals surface area contributed by atoms with Crippen molar-refractivity contribution in [2.45, 2.75) is 50.3 Å². The van der Waals surface area contributed by atoms with Crippen LogP contribution in [0.2, 0.25) is 0 Å². The van der Waals surface area contributed by atoms with E-state index in [-0.39, 0.29) is 11.5 Å². The second-order valence-electron chi connectivity index (χ2n) is 7.77. The van der Waals surface area contributed by atoms with Crippen molar-refractivity contribution in [1.29, 1.82) is 0 Å². The maximum Gasteiger partial charge on any atom is 0.321 e. The van der Waals surface area contributed by atoms with E-state index in [4.69, 9.17) is 4.74 Å². The van der Waals surface area contributed by atoms with E-state index in [1.54, 1.807) is 4.57 Å². The molecule has 164 valence electrons. The third-order valence-corrected chi connectivity index (χ3v) is 6.12. The van der Waals surface area contributed by atoms with E-state index in [9.17, 15) is 9.59 Å². The summed E-state index contributed by atoms with van der Waals surface area (Å²) in [5.41, 5.74) is 1.75. The van der Waals surface area contributed by atoms with Gasteiger partial charge in [-0.15, -0.1) is 11.8 Å². The zero-order chi connectivity index (χ0) is 22.4. The van der Waals surface area contributed by atoms with Crippen LogP contribution in [0.25, 0.3) is 10.9 Å². The molecule has 0 aliphatic carbocycles. The van der Waals surface area contributed by atoms with Crippen molar-refractivity contribution in [3.05, 3.63) is 64.7 Å². The lowest BCUT2D eigenvalue weighted by atomic mass is 10.2. The standard InChI is InChI=1S/C24H29N3O3S/c1-5-30-23(29)24(3,4)31-19-13-11-18(12-14-19)25-15-8-16-27-17(2)26-21-10-7-6-9-20(21)22(27)28/h6-7,9-14,25H,5,8,15-16H2,1-4H3. The van der Waals surface area contributed by atoms with Crippen LogP contribution in [0.5, 0.6) is 0 Å². The Hall–Kier alpha value is -2.80. The Morgan fingerprint density at radius 2 is 1.87 bits per heavy atom. The zero-order valence-corrected chi connectivity index (χ0v) is 19.3. The lowest BCUT2D eigenvalue weighted by Crippen LogP contribution is -2.29. The Bertz CT molecular complexity index is 1110. The van der Waals surface area contributed by atoms with Gasteiger partial charge in [0.1, 0.15) is 10.6 Å². The molecule has 7 heteroatoms. The maximum atomic E-state index is 12.7. The second-order valence-corrected chi connectivity index (χ2v) is 9.47. The van der Waals surface area contributed by atoms with Gasteiger partial charge in [-0.3, -0.25) is 14.2 Å². The Kier molecular flexibility index (Phi) is 7.38. The molecule has 0 unspecified atom stereocenters. The quantitative estimate of drug-likeness (QED) is 0.297. The van der Waals surface area contributed by atoms with Gasteiger partial charge in [-0.1, -0.05) is 12.1 Å². The zero-order valence-electron chi connectivity index (χ0n) is 18.5. The highest BCUT2D eigenvalue weighted by Crippen LogP contribution is 2.34. The molecule has 0 radical (unpaired) electrons. The average molecular weight is 440 g/mol. The Morgan fingerprint density at radius 3 is 2.58 bits per heavy atom. The molecule has 1 N–H and O–H groups in total. The summed E-state index contributed by atoms with van der Waals surface area (Å²) in [5.74, 6) is 0.519. The van der Waals surface area contributed by atoms with Crippen molar-refractivity contribution >= 4 is 34.3 Å². The third-order valence-electron chi connectivity index (χ3n) is 4.93. The van der Waals surface area contributed by atoms with Crippen molar-refractivity contribution in [3.8, 4) is 0 Å². The number of carbonyl (C=O) groups is 1. The molecule has 3 aromatic rings. The highest BCUT2D eigenvalue weighted by Gasteiger charge is 2.30. The molecule has 2 aromatic carbocycles. The lowest BCUT2D eigenvalue weighted by Gasteiger charge is -2.21. The first-order valence-electron chi connectivity index (χ1n) is 10.5. The molecular formula is C24H29N3O3S. The summed E-state index contributed by atoms with van der Waals surface area (Å²) in [6.07, 6.45) is 0.799. The van der Waals surface area contributed by atoms with E-state index >= 15 is 0 Å². The molecular weight excluding hydrogens is 410 g/mol. The molecule has 0 bridgehead atoms. The molecule has 31 heavy (non-hydrogen) atoms. The fraction of sp³-hybridized carbons (Fsp3) is 0.375. The average Bonchev–Trinajstić information content (AvgIpc) is 2.74. The molecule has 0 aliphatic rings. The number of benzene rings is 2. The Labute approximate surface area is 187 Å². The van der Waals surface area contributed by atoms with Crippen molar-refractivity contribution in [3.63, 3.8) is 0 Å². The number of fused-ring (bicyclic) bond motifs is 1. The fourth-order valence-corrected chi connectivity index (χ4v) is 4.30. The van der Waals surface area contributed by atoms with Crippen molar-refractivity contribution in [1.82, 2.24) is 9.55 Å². The first kappa shape index (κ1) is 22.9. The molecule has 0 saturated carbocycles. The van der Waals surface area contributed by atoms with Crippen molar-refractivity contribution in [2.75, 3.05) is 18.5 Å².